The first-order chi connectivity index (χ1) is 9.27. The Balaban J connectivity index is 4.67. The smallest absolute Gasteiger partial charge is 0.311 e. The van der Waals surface area contributed by atoms with E-state index < -0.39 is 42.3 Å². The van der Waals surface area contributed by atoms with Crippen LogP contribution >= 0.6 is 0 Å². The van der Waals surface area contributed by atoms with Gasteiger partial charge in [-0.1, -0.05) is 0 Å². The van der Waals surface area contributed by atoms with E-state index in [9.17, 15) is 19.2 Å². The summed E-state index contributed by atoms with van der Waals surface area (Å²) < 4.78 is 0. The molecule has 0 bridgehead atoms. The Labute approximate surface area is 114 Å². The molecule has 0 radical (unpaired) electrons. The van der Waals surface area contributed by atoms with Gasteiger partial charge in [0.25, 0.3) is 5.91 Å². The van der Waals surface area contributed by atoms with Crippen LogP contribution in [-0.2, 0) is 19.2 Å². The van der Waals surface area contributed by atoms with Gasteiger partial charge in [0.05, 0.1) is 12.5 Å². The van der Waals surface area contributed by atoms with Gasteiger partial charge in [-0.2, -0.15) is 0 Å². The lowest BCUT2D eigenvalue weighted by atomic mass is 10.1. The van der Waals surface area contributed by atoms with E-state index in [2.05, 4.69) is 10.3 Å². The number of aliphatic hydroxyl groups excluding tert-OH is 1. The second-order valence-electron chi connectivity index (χ2n) is 3.93. The molecule has 0 spiro atoms. The molecule has 0 rings (SSSR count). The van der Waals surface area contributed by atoms with Crippen LogP contribution in [0, 0.1) is 5.92 Å². The Bertz CT molecular complexity index is 419. The van der Waals surface area contributed by atoms with Crippen LogP contribution in [0.2, 0.25) is 0 Å². The lowest BCUT2D eigenvalue weighted by Crippen LogP contribution is -2.41. The minimum atomic E-state index is -1.32. The highest BCUT2D eigenvalue weighted by Gasteiger charge is 2.20. The zero-order valence-electron chi connectivity index (χ0n) is 10.8. The number of carbonyl (C=O) groups is 4. The molecule has 0 aliphatic carbocycles. The van der Waals surface area contributed by atoms with Crippen molar-refractivity contribution in [1.29, 1.82) is 0 Å². The van der Waals surface area contributed by atoms with E-state index in [1.54, 1.807) is 0 Å². The summed E-state index contributed by atoms with van der Waals surface area (Å²) in [5, 5.41) is 28.3. The molecule has 0 aromatic rings. The Hall–Kier alpha value is -2.29. The number of carboxylic acids is 2. The number of carbonyl (C=O) groups excluding carboxylic acids is 2. The fourth-order valence-corrected chi connectivity index (χ4v) is 1.22. The molecule has 112 valence electrons. The highest BCUT2D eigenvalue weighted by Crippen LogP contribution is 2.05. The van der Waals surface area contributed by atoms with Crippen molar-refractivity contribution in [3.63, 3.8) is 0 Å². The van der Waals surface area contributed by atoms with Crippen LogP contribution in [0.15, 0.2) is 4.99 Å². The van der Waals surface area contributed by atoms with Gasteiger partial charge >= 0.3 is 11.9 Å². The first-order valence-electron chi connectivity index (χ1n) is 5.68. The molecular weight excluding hydrogens is 272 g/mol. The molecule has 1 unspecified atom stereocenters. The van der Waals surface area contributed by atoms with E-state index in [1.807, 2.05) is 0 Å². The molecule has 0 saturated carbocycles. The molecular formula is C11H16N2O7. The maximum Gasteiger partial charge on any atom is 0.311 e. The molecule has 0 aliphatic rings. The first kappa shape index (κ1) is 17.7. The Kier molecular flexibility index (Phi) is 7.75. The van der Waals surface area contributed by atoms with Gasteiger partial charge < -0.3 is 20.6 Å². The molecule has 9 nitrogen and oxygen atoms in total. The number of aliphatic carboxylic acids is 2. The molecule has 4 N–H and O–H groups in total. The van der Waals surface area contributed by atoms with Crippen molar-refractivity contribution in [3.8, 4) is 0 Å². The summed E-state index contributed by atoms with van der Waals surface area (Å²) in [6.07, 6.45) is 0.204. The van der Waals surface area contributed by atoms with Gasteiger partial charge in [0.1, 0.15) is 6.04 Å². The summed E-state index contributed by atoms with van der Waals surface area (Å²) in [7, 11) is 0. The third-order valence-electron chi connectivity index (χ3n) is 2.23. The van der Waals surface area contributed by atoms with Crippen LogP contribution in [0.25, 0.3) is 0 Å². The zero-order chi connectivity index (χ0) is 15.7. The van der Waals surface area contributed by atoms with Gasteiger partial charge in [0, 0.05) is 19.6 Å². The molecule has 2 atom stereocenters. The summed E-state index contributed by atoms with van der Waals surface area (Å²) >= 11 is 0. The van der Waals surface area contributed by atoms with Crippen LogP contribution in [0.1, 0.15) is 19.8 Å². The van der Waals surface area contributed by atoms with Gasteiger partial charge in [-0.25, -0.2) is 4.99 Å². The SMILES string of the molecule is CC(=O)N[C@@H](CO)C(=O)N=CC(CCC(=O)O)C(=O)O. The summed E-state index contributed by atoms with van der Waals surface area (Å²) in [6.45, 7) is 0.467. The second kappa shape index (κ2) is 8.75. The van der Waals surface area contributed by atoms with E-state index in [4.69, 9.17) is 15.3 Å². The average molecular weight is 288 g/mol. The average Bonchev–Trinajstić information content (AvgIpc) is 2.34. The number of rotatable bonds is 8. The summed E-state index contributed by atoms with van der Waals surface area (Å²) in [5.41, 5.74) is 0. The fourth-order valence-electron chi connectivity index (χ4n) is 1.22. The topological polar surface area (TPSA) is 153 Å². The fraction of sp³-hybridized carbons (Fsp3) is 0.545. The molecule has 2 amide bonds. The summed E-state index contributed by atoms with van der Waals surface area (Å²) in [4.78, 5) is 46.8. The summed E-state index contributed by atoms with van der Waals surface area (Å²) in [6, 6.07) is -1.25. The number of hydrogen-bond acceptors (Lipinski definition) is 5. The van der Waals surface area contributed by atoms with E-state index in [0.29, 0.717) is 0 Å². The van der Waals surface area contributed by atoms with Gasteiger partial charge in [0.2, 0.25) is 5.91 Å². The number of nitrogens with one attached hydrogen (secondary N) is 1. The highest BCUT2D eigenvalue weighted by molar-refractivity contribution is 5.97. The Morgan fingerprint density at radius 1 is 1.25 bits per heavy atom. The minimum absolute atomic E-state index is 0.217. The van der Waals surface area contributed by atoms with E-state index in [1.165, 1.54) is 0 Å². The predicted molar refractivity (Wildman–Crippen MR) is 66.2 cm³/mol. The van der Waals surface area contributed by atoms with E-state index >= 15 is 0 Å². The van der Waals surface area contributed by atoms with Crippen LogP contribution in [-0.4, -0.2) is 57.9 Å². The van der Waals surface area contributed by atoms with Crippen LogP contribution in [0.3, 0.4) is 0 Å². The lowest BCUT2D eigenvalue weighted by Gasteiger charge is -2.11. The number of nitrogens with zero attached hydrogens (tertiary/aromatic N) is 1. The minimum Gasteiger partial charge on any atom is -0.481 e. The normalized spacial score (nSPS) is 13.7. The molecule has 0 heterocycles. The highest BCUT2D eigenvalue weighted by atomic mass is 16.4. The van der Waals surface area contributed by atoms with Gasteiger partial charge in [0.15, 0.2) is 0 Å². The number of amides is 2. The van der Waals surface area contributed by atoms with Gasteiger partial charge in [-0.15, -0.1) is 0 Å². The third-order valence-corrected chi connectivity index (χ3v) is 2.23. The molecule has 0 saturated heterocycles. The van der Waals surface area contributed by atoms with Crippen LogP contribution in [0.4, 0.5) is 0 Å². The van der Waals surface area contributed by atoms with Crippen molar-refractivity contribution >= 4 is 30.0 Å². The Morgan fingerprint density at radius 2 is 1.85 bits per heavy atom. The van der Waals surface area contributed by atoms with Crippen LogP contribution in [0.5, 0.6) is 0 Å². The maximum absolute atomic E-state index is 11.5. The molecule has 0 fully saturated rings. The maximum atomic E-state index is 11.5. The molecule has 0 aliphatic heterocycles. The first-order valence-corrected chi connectivity index (χ1v) is 5.68. The van der Waals surface area contributed by atoms with Gasteiger partial charge in [-0.05, 0) is 6.42 Å². The number of carboxylic acid groups (broad SMARTS) is 2. The monoisotopic (exact) mass is 288 g/mol. The van der Waals surface area contributed by atoms with Crippen molar-refractivity contribution in [3.05, 3.63) is 0 Å². The zero-order valence-corrected chi connectivity index (χ0v) is 10.8. The van der Waals surface area contributed by atoms with Crippen molar-refractivity contribution in [2.75, 3.05) is 6.61 Å². The quantitative estimate of drug-likeness (QED) is 0.402. The van der Waals surface area contributed by atoms with Crippen molar-refractivity contribution in [2.24, 2.45) is 10.9 Å². The van der Waals surface area contributed by atoms with E-state index in [0.717, 1.165) is 13.1 Å². The van der Waals surface area contributed by atoms with Crippen LogP contribution < -0.4 is 5.32 Å². The molecule has 0 aromatic heterocycles. The number of aliphatic imine (C=N–C) groups is 1. The molecule has 20 heavy (non-hydrogen) atoms. The third kappa shape index (κ3) is 7.21. The molecule has 9 heteroatoms. The number of aliphatic hydroxyl groups is 1. The Morgan fingerprint density at radius 3 is 2.25 bits per heavy atom. The lowest BCUT2D eigenvalue weighted by molar-refractivity contribution is -0.140. The standard InChI is InChI=1S/C11H16N2O7/c1-6(15)13-8(5-14)10(18)12-4-7(11(19)20)2-3-9(16)17/h4,7-8,14H,2-3,5H2,1H3,(H,13,15)(H,16,17)(H,19,20)/t7?,8-/m0/s1. The van der Waals surface area contributed by atoms with E-state index in [-0.39, 0.29) is 12.8 Å². The predicted octanol–water partition coefficient (Wildman–Crippen LogP) is -1.35. The second-order valence-corrected chi connectivity index (χ2v) is 3.93. The van der Waals surface area contributed by atoms with Crippen molar-refractivity contribution in [1.82, 2.24) is 5.32 Å². The number of hydrogen-bond donors (Lipinski definition) is 4. The van der Waals surface area contributed by atoms with Crippen molar-refractivity contribution < 1.29 is 34.5 Å². The van der Waals surface area contributed by atoms with Crippen molar-refractivity contribution in [2.45, 2.75) is 25.8 Å². The molecule has 0 aromatic carbocycles. The van der Waals surface area contributed by atoms with Gasteiger partial charge in [-0.3, -0.25) is 19.2 Å². The summed E-state index contributed by atoms with van der Waals surface area (Å²) in [5.74, 6) is -5.17. The largest absolute Gasteiger partial charge is 0.481 e.